The number of imidazole rings is 1. The van der Waals surface area contributed by atoms with Gasteiger partial charge in [0.25, 0.3) is 5.91 Å². The second-order valence-electron chi connectivity index (χ2n) is 6.99. The van der Waals surface area contributed by atoms with E-state index in [2.05, 4.69) is 28.7 Å². The summed E-state index contributed by atoms with van der Waals surface area (Å²) in [4.78, 5) is 22.2. The maximum atomic E-state index is 11.5. The maximum absolute atomic E-state index is 11.5. The van der Waals surface area contributed by atoms with Crippen molar-refractivity contribution in [1.82, 2.24) is 14.9 Å². The highest BCUT2D eigenvalue weighted by molar-refractivity contribution is 6.04. The van der Waals surface area contributed by atoms with Gasteiger partial charge in [0.2, 0.25) is 0 Å². The Hall–Kier alpha value is -1.59. The average Bonchev–Trinajstić information content (AvgIpc) is 2.97. The molecule has 1 aromatic heterocycles. The van der Waals surface area contributed by atoms with Crippen LogP contribution in [0.15, 0.2) is 18.2 Å². The van der Waals surface area contributed by atoms with Gasteiger partial charge in [-0.15, -0.1) is 12.4 Å². The third-order valence-electron chi connectivity index (χ3n) is 4.79. The lowest BCUT2D eigenvalue weighted by Crippen LogP contribution is -2.34. The quantitative estimate of drug-likeness (QED) is 0.868. The van der Waals surface area contributed by atoms with Gasteiger partial charge >= 0.3 is 0 Å². The number of hydrogen-bond donors (Lipinski definition) is 2. The molecule has 3 rings (SSSR count). The summed E-state index contributed by atoms with van der Waals surface area (Å²) in [6.07, 6.45) is 3.49. The number of para-hydroxylation sites is 1. The molecule has 5 nitrogen and oxygen atoms in total. The minimum atomic E-state index is -0.419. The zero-order chi connectivity index (χ0) is 16.4. The summed E-state index contributed by atoms with van der Waals surface area (Å²) in [6, 6.07) is 5.54. The number of halogens is 1. The van der Waals surface area contributed by atoms with Crippen LogP contribution in [0.2, 0.25) is 0 Å². The first-order valence-corrected chi connectivity index (χ1v) is 8.55. The van der Waals surface area contributed by atoms with Crippen LogP contribution in [0.5, 0.6) is 0 Å². The molecule has 6 heteroatoms. The molecule has 1 aliphatic rings. The fourth-order valence-corrected chi connectivity index (χ4v) is 3.31. The van der Waals surface area contributed by atoms with Crippen LogP contribution in [0.4, 0.5) is 0 Å². The average molecular weight is 351 g/mol. The monoisotopic (exact) mass is 350 g/mol. The van der Waals surface area contributed by atoms with Gasteiger partial charge in [0.15, 0.2) is 0 Å². The number of H-pyrrole nitrogens is 1. The number of fused-ring (bicyclic) bond motifs is 1. The van der Waals surface area contributed by atoms with Crippen LogP contribution < -0.4 is 5.73 Å². The van der Waals surface area contributed by atoms with E-state index < -0.39 is 5.91 Å². The Balaban J connectivity index is 0.00000208. The molecule has 1 aromatic carbocycles. The molecule has 0 unspecified atom stereocenters. The molecule has 3 N–H and O–H groups in total. The summed E-state index contributed by atoms with van der Waals surface area (Å²) in [5.74, 6) is 1.78. The number of benzene rings is 1. The molecule has 1 amide bonds. The van der Waals surface area contributed by atoms with Crippen LogP contribution in [-0.4, -0.2) is 40.4 Å². The number of nitrogens with zero attached hydrogens (tertiary/aromatic N) is 2. The van der Waals surface area contributed by atoms with Crippen molar-refractivity contribution in [3.8, 4) is 0 Å². The van der Waals surface area contributed by atoms with Crippen LogP contribution >= 0.6 is 12.4 Å². The molecule has 1 aliphatic heterocycles. The third kappa shape index (κ3) is 4.08. The van der Waals surface area contributed by atoms with E-state index in [-0.39, 0.29) is 12.4 Å². The van der Waals surface area contributed by atoms with Gasteiger partial charge in [0, 0.05) is 5.92 Å². The molecule has 0 radical (unpaired) electrons. The summed E-state index contributed by atoms with van der Waals surface area (Å²) >= 11 is 0. The second-order valence-corrected chi connectivity index (χ2v) is 6.99. The third-order valence-corrected chi connectivity index (χ3v) is 4.79. The van der Waals surface area contributed by atoms with Crippen molar-refractivity contribution in [3.05, 3.63) is 29.6 Å². The standard InChI is InChI=1S/C18H26N4O.ClH/c1-12(2)6-9-22-10-7-13(8-11-22)18-20-15-5-3-4-14(17(19)23)16(15)21-18;/h3-5,12-13H,6-11H2,1-2H3,(H2,19,23)(H,20,21);1H. The molecule has 0 aliphatic carbocycles. The molecule has 132 valence electrons. The van der Waals surface area contributed by atoms with Gasteiger partial charge in [-0.25, -0.2) is 4.98 Å². The molecule has 2 heterocycles. The number of primary amides is 1. The van der Waals surface area contributed by atoms with E-state index in [0.29, 0.717) is 17.0 Å². The van der Waals surface area contributed by atoms with E-state index in [9.17, 15) is 4.79 Å². The van der Waals surface area contributed by atoms with Crippen molar-refractivity contribution < 1.29 is 4.79 Å². The molecule has 24 heavy (non-hydrogen) atoms. The Kier molecular flexibility index (Phi) is 6.24. The number of amides is 1. The van der Waals surface area contributed by atoms with Gasteiger partial charge in [-0.1, -0.05) is 19.9 Å². The van der Waals surface area contributed by atoms with Crippen molar-refractivity contribution in [2.24, 2.45) is 11.7 Å². The van der Waals surface area contributed by atoms with Gasteiger partial charge in [0.1, 0.15) is 11.3 Å². The first-order chi connectivity index (χ1) is 11.0. The van der Waals surface area contributed by atoms with E-state index in [1.165, 1.54) is 13.0 Å². The zero-order valence-electron chi connectivity index (χ0n) is 14.4. The van der Waals surface area contributed by atoms with Crippen molar-refractivity contribution in [2.45, 2.75) is 39.0 Å². The van der Waals surface area contributed by atoms with Gasteiger partial charge < -0.3 is 15.6 Å². The maximum Gasteiger partial charge on any atom is 0.250 e. The lowest BCUT2D eigenvalue weighted by Gasteiger charge is -2.31. The SMILES string of the molecule is CC(C)CCN1CCC(c2nc3c(C(N)=O)cccc3[nH]2)CC1.Cl. The number of hydrogen-bond acceptors (Lipinski definition) is 3. The molecule has 0 bridgehead atoms. The summed E-state index contributed by atoms with van der Waals surface area (Å²) in [5.41, 5.74) is 7.55. The Labute approximate surface area is 149 Å². The first-order valence-electron chi connectivity index (χ1n) is 8.55. The summed E-state index contributed by atoms with van der Waals surface area (Å²) < 4.78 is 0. The van der Waals surface area contributed by atoms with Crippen molar-refractivity contribution in [2.75, 3.05) is 19.6 Å². The topological polar surface area (TPSA) is 75.0 Å². The smallest absolute Gasteiger partial charge is 0.250 e. The first kappa shape index (κ1) is 18.7. The van der Waals surface area contributed by atoms with E-state index in [1.807, 2.05) is 12.1 Å². The minimum Gasteiger partial charge on any atom is -0.366 e. The number of carbonyl (C=O) groups excluding carboxylic acids is 1. The largest absolute Gasteiger partial charge is 0.366 e. The highest BCUT2D eigenvalue weighted by atomic mass is 35.5. The zero-order valence-corrected chi connectivity index (χ0v) is 15.2. The number of carbonyl (C=O) groups is 1. The Bertz CT molecular complexity index is 689. The van der Waals surface area contributed by atoms with E-state index in [0.717, 1.165) is 43.2 Å². The highest BCUT2D eigenvalue weighted by Crippen LogP contribution is 2.28. The van der Waals surface area contributed by atoms with Crippen LogP contribution in [0, 0.1) is 5.92 Å². The summed E-state index contributed by atoms with van der Waals surface area (Å²) in [6.45, 7) is 7.99. The lowest BCUT2D eigenvalue weighted by molar-refractivity contribution is 0.100. The molecular formula is C18H27ClN4O. The highest BCUT2D eigenvalue weighted by Gasteiger charge is 2.23. The van der Waals surface area contributed by atoms with E-state index in [4.69, 9.17) is 5.73 Å². The number of nitrogens with one attached hydrogen (secondary N) is 1. The van der Waals surface area contributed by atoms with Crippen molar-refractivity contribution >= 4 is 29.3 Å². The number of rotatable bonds is 5. The molecule has 0 atom stereocenters. The number of aromatic amines is 1. The molecule has 1 saturated heterocycles. The molecule has 0 saturated carbocycles. The Morgan fingerprint density at radius 2 is 2.08 bits per heavy atom. The molecule has 1 fully saturated rings. The van der Waals surface area contributed by atoms with Gasteiger partial charge in [-0.3, -0.25) is 4.79 Å². The van der Waals surface area contributed by atoms with Crippen molar-refractivity contribution in [3.63, 3.8) is 0 Å². The predicted octanol–water partition coefficient (Wildman–Crippen LogP) is 3.31. The number of likely N-dealkylation sites (tertiary alicyclic amines) is 1. The summed E-state index contributed by atoms with van der Waals surface area (Å²) in [5, 5.41) is 0. The fourth-order valence-electron chi connectivity index (χ4n) is 3.31. The van der Waals surface area contributed by atoms with Gasteiger partial charge in [-0.05, 0) is 56.9 Å². The second kappa shape index (κ2) is 7.99. The van der Waals surface area contributed by atoms with Gasteiger partial charge in [-0.2, -0.15) is 0 Å². The van der Waals surface area contributed by atoms with Gasteiger partial charge in [0.05, 0.1) is 11.1 Å². The van der Waals surface area contributed by atoms with Crippen LogP contribution in [0.3, 0.4) is 0 Å². The number of nitrogens with two attached hydrogens (primary N) is 1. The van der Waals surface area contributed by atoms with Crippen LogP contribution in [0.25, 0.3) is 11.0 Å². The minimum absolute atomic E-state index is 0. The molecular weight excluding hydrogens is 324 g/mol. The fraction of sp³-hybridized carbons (Fsp3) is 0.556. The number of aromatic nitrogens is 2. The van der Waals surface area contributed by atoms with E-state index in [1.54, 1.807) is 6.07 Å². The van der Waals surface area contributed by atoms with Crippen molar-refractivity contribution in [1.29, 1.82) is 0 Å². The predicted molar refractivity (Wildman–Crippen MR) is 99.7 cm³/mol. The summed E-state index contributed by atoms with van der Waals surface area (Å²) in [7, 11) is 0. The van der Waals surface area contributed by atoms with E-state index >= 15 is 0 Å². The Morgan fingerprint density at radius 3 is 2.71 bits per heavy atom. The Morgan fingerprint density at radius 1 is 1.38 bits per heavy atom. The van der Waals surface area contributed by atoms with Crippen LogP contribution in [-0.2, 0) is 0 Å². The lowest BCUT2D eigenvalue weighted by atomic mass is 9.95. The number of piperidine rings is 1. The molecule has 2 aromatic rings. The van der Waals surface area contributed by atoms with Crippen LogP contribution in [0.1, 0.15) is 55.2 Å². The normalized spacial score (nSPS) is 16.5. The molecule has 0 spiro atoms.